The van der Waals surface area contributed by atoms with Gasteiger partial charge >= 0.3 is 0 Å². The molecule has 0 aliphatic heterocycles. The number of ether oxygens (including phenoxy) is 1. The smallest absolute Gasteiger partial charge is 0.154 e. The number of hydrogen-bond donors (Lipinski definition) is 1. The van der Waals surface area contributed by atoms with E-state index in [2.05, 4.69) is 11.6 Å². The third-order valence-electron chi connectivity index (χ3n) is 3.83. The van der Waals surface area contributed by atoms with Gasteiger partial charge in [0.2, 0.25) is 0 Å². The number of methoxy groups -OCH3 is 1. The van der Waals surface area contributed by atoms with Gasteiger partial charge in [0.1, 0.15) is 5.76 Å². The number of nitrogens with zero attached hydrogens (tertiary/aromatic N) is 1. The Kier molecular flexibility index (Phi) is 5.12. The van der Waals surface area contributed by atoms with Gasteiger partial charge in [-0.1, -0.05) is 48.8 Å². The third-order valence-corrected chi connectivity index (χ3v) is 4.39. The van der Waals surface area contributed by atoms with Crippen molar-refractivity contribution in [3.63, 3.8) is 0 Å². The summed E-state index contributed by atoms with van der Waals surface area (Å²) in [6.07, 6.45) is 3.23. The normalized spacial score (nSPS) is 15.0. The molecule has 1 aromatic carbocycles. The number of aliphatic hydroxyl groups is 1. The highest BCUT2D eigenvalue weighted by Gasteiger charge is 2.41. The first-order valence-electron chi connectivity index (χ1n) is 6.72. The molecule has 3 nitrogen and oxygen atoms in total. The summed E-state index contributed by atoms with van der Waals surface area (Å²) in [7, 11) is 1.47. The third kappa shape index (κ3) is 2.98. The fraction of sp³-hybridized carbons (Fsp3) is 0.235. The van der Waals surface area contributed by atoms with Gasteiger partial charge in [0.15, 0.2) is 5.60 Å². The molecule has 0 spiro atoms. The Morgan fingerprint density at radius 1 is 1.36 bits per heavy atom. The molecular weight excluding hydrogens is 321 g/mol. The molecule has 2 unspecified atom stereocenters. The van der Waals surface area contributed by atoms with Crippen molar-refractivity contribution in [3.05, 3.63) is 76.2 Å². The van der Waals surface area contributed by atoms with Gasteiger partial charge in [-0.25, -0.2) is 0 Å². The SMILES string of the molecule is C=C(OC)C(O)(c1cccnc1)C(C)c1ccc(Cl)cc1Cl. The number of hydrogen-bond acceptors (Lipinski definition) is 3. The van der Waals surface area contributed by atoms with Crippen molar-refractivity contribution in [1.29, 1.82) is 0 Å². The summed E-state index contributed by atoms with van der Waals surface area (Å²) >= 11 is 12.2. The van der Waals surface area contributed by atoms with E-state index in [4.69, 9.17) is 27.9 Å². The molecule has 116 valence electrons. The molecule has 0 fully saturated rings. The molecule has 2 rings (SSSR count). The van der Waals surface area contributed by atoms with Crippen LogP contribution < -0.4 is 0 Å². The summed E-state index contributed by atoms with van der Waals surface area (Å²) in [5.74, 6) is -0.187. The minimum Gasteiger partial charge on any atom is -0.498 e. The van der Waals surface area contributed by atoms with Crippen molar-refractivity contribution in [2.45, 2.75) is 18.4 Å². The van der Waals surface area contributed by atoms with Crippen LogP contribution in [0.25, 0.3) is 0 Å². The minimum atomic E-state index is -1.46. The second kappa shape index (κ2) is 6.69. The maximum Gasteiger partial charge on any atom is 0.154 e. The number of rotatable bonds is 5. The van der Waals surface area contributed by atoms with Crippen molar-refractivity contribution < 1.29 is 9.84 Å². The van der Waals surface area contributed by atoms with Crippen LogP contribution in [0.1, 0.15) is 24.0 Å². The van der Waals surface area contributed by atoms with Gasteiger partial charge < -0.3 is 9.84 Å². The van der Waals surface area contributed by atoms with Gasteiger partial charge in [-0.3, -0.25) is 4.98 Å². The molecule has 1 N–H and O–H groups in total. The van der Waals surface area contributed by atoms with Crippen molar-refractivity contribution in [1.82, 2.24) is 4.98 Å². The lowest BCUT2D eigenvalue weighted by atomic mass is 9.77. The Morgan fingerprint density at radius 3 is 2.64 bits per heavy atom. The molecule has 0 saturated carbocycles. The second-order valence-corrected chi connectivity index (χ2v) is 5.87. The van der Waals surface area contributed by atoms with E-state index in [9.17, 15) is 5.11 Å². The van der Waals surface area contributed by atoms with Crippen LogP contribution in [0.3, 0.4) is 0 Å². The fourth-order valence-electron chi connectivity index (χ4n) is 2.47. The molecule has 1 heterocycles. The Labute approximate surface area is 140 Å². The van der Waals surface area contributed by atoms with E-state index in [0.717, 1.165) is 5.56 Å². The maximum absolute atomic E-state index is 11.3. The summed E-state index contributed by atoms with van der Waals surface area (Å²) in [5, 5.41) is 12.3. The molecule has 0 aliphatic rings. The van der Waals surface area contributed by atoms with Crippen molar-refractivity contribution in [2.75, 3.05) is 7.11 Å². The average Bonchev–Trinajstić information content (AvgIpc) is 2.53. The fourth-order valence-corrected chi connectivity index (χ4v) is 3.05. The summed E-state index contributed by atoms with van der Waals surface area (Å²) in [4.78, 5) is 4.07. The van der Waals surface area contributed by atoms with Crippen LogP contribution in [-0.4, -0.2) is 17.2 Å². The lowest BCUT2D eigenvalue weighted by molar-refractivity contribution is -0.000467. The van der Waals surface area contributed by atoms with E-state index in [1.165, 1.54) is 7.11 Å². The molecule has 2 aromatic rings. The first-order valence-corrected chi connectivity index (χ1v) is 7.48. The van der Waals surface area contributed by atoms with Gasteiger partial charge in [-0.05, 0) is 23.8 Å². The molecule has 1 aromatic heterocycles. The topological polar surface area (TPSA) is 42.4 Å². The Hall–Kier alpha value is -1.55. The van der Waals surface area contributed by atoms with Crippen molar-refractivity contribution in [3.8, 4) is 0 Å². The van der Waals surface area contributed by atoms with Crippen molar-refractivity contribution >= 4 is 23.2 Å². The molecule has 0 amide bonds. The zero-order valence-electron chi connectivity index (χ0n) is 12.4. The zero-order chi connectivity index (χ0) is 16.3. The predicted octanol–water partition coefficient (Wildman–Crippen LogP) is 4.54. The molecule has 22 heavy (non-hydrogen) atoms. The molecule has 5 heteroatoms. The lowest BCUT2D eigenvalue weighted by Crippen LogP contribution is -2.35. The van der Waals surface area contributed by atoms with Crippen molar-refractivity contribution in [2.24, 2.45) is 0 Å². The highest BCUT2D eigenvalue weighted by atomic mass is 35.5. The summed E-state index contributed by atoms with van der Waals surface area (Å²) < 4.78 is 5.23. The average molecular weight is 338 g/mol. The van der Waals surface area contributed by atoms with Gasteiger partial charge in [-0.15, -0.1) is 0 Å². The van der Waals surface area contributed by atoms with Crippen LogP contribution >= 0.6 is 23.2 Å². The summed E-state index contributed by atoms with van der Waals surface area (Å²) in [6.45, 7) is 5.70. The monoisotopic (exact) mass is 337 g/mol. The second-order valence-electron chi connectivity index (χ2n) is 5.02. The quantitative estimate of drug-likeness (QED) is 0.814. The van der Waals surface area contributed by atoms with Gasteiger partial charge in [0.05, 0.1) is 7.11 Å². The highest BCUT2D eigenvalue weighted by molar-refractivity contribution is 6.35. The van der Waals surface area contributed by atoms with Crippen LogP contribution in [0, 0.1) is 0 Å². The lowest BCUT2D eigenvalue weighted by Gasteiger charge is -2.35. The predicted molar refractivity (Wildman–Crippen MR) is 89.2 cm³/mol. The molecule has 0 saturated heterocycles. The van der Waals surface area contributed by atoms with Gasteiger partial charge in [-0.2, -0.15) is 0 Å². The first-order chi connectivity index (χ1) is 10.4. The number of benzene rings is 1. The molecule has 0 bridgehead atoms. The molecule has 0 aliphatic carbocycles. The number of halogens is 2. The van der Waals surface area contributed by atoms with E-state index in [1.54, 1.807) is 42.7 Å². The van der Waals surface area contributed by atoms with Crippen LogP contribution in [0.15, 0.2) is 55.1 Å². The standard InChI is InChI=1S/C17H17Cl2NO2/c1-11(15-7-6-14(18)9-16(15)19)17(21,12(2)22-3)13-5-4-8-20-10-13/h4-11,21H,2H2,1,3H3. The zero-order valence-corrected chi connectivity index (χ0v) is 13.9. The Bertz CT molecular complexity index is 676. The first kappa shape index (κ1) is 16.8. The van der Waals surface area contributed by atoms with Crippen LogP contribution in [0.5, 0.6) is 0 Å². The Morgan fingerprint density at radius 2 is 2.09 bits per heavy atom. The van der Waals surface area contributed by atoms with E-state index in [-0.39, 0.29) is 5.76 Å². The molecule has 0 radical (unpaired) electrons. The molecule has 2 atom stereocenters. The molecular formula is C17H17Cl2NO2. The van der Waals surface area contributed by atoms with E-state index < -0.39 is 11.5 Å². The minimum absolute atomic E-state index is 0.221. The van der Waals surface area contributed by atoms with Crippen LogP contribution in [-0.2, 0) is 10.3 Å². The van der Waals surface area contributed by atoms with E-state index >= 15 is 0 Å². The number of aromatic nitrogens is 1. The van der Waals surface area contributed by atoms with Crippen LogP contribution in [0.2, 0.25) is 10.0 Å². The Balaban J connectivity index is 2.57. The maximum atomic E-state index is 11.3. The number of pyridine rings is 1. The highest BCUT2D eigenvalue weighted by Crippen LogP contribution is 2.44. The summed E-state index contributed by atoms with van der Waals surface area (Å²) in [6, 6.07) is 8.70. The van der Waals surface area contributed by atoms with E-state index in [1.807, 2.05) is 6.92 Å². The van der Waals surface area contributed by atoms with E-state index in [0.29, 0.717) is 15.6 Å². The largest absolute Gasteiger partial charge is 0.498 e. The van der Waals surface area contributed by atoms with Crippen LogP contribution in [0.4, 0.5) is 0 Å². The van der Waals surface area contributed by atoms with Gasteiger partial charge in [0.25, 0.3) is 0 Å². The van der Waals surface area contributed by atoms with Gasteiger partial charge in [0, 0.05) is 33.9 Å². The summed E-state index contributed by atoms with van der Waals surface area (Å²) in [5.41, 5.74) is -0.128.